The first kappa shape index (κ1) is 18.0. The molecular weight excluding hydrogens is 356 g/mol. The topological polar surface area (TPSA) is 90.7 Å². The summed E-state index contributed by atoms with van der Waals surface area (Å²) in [5.41, 5.74) is 2.36. The number of rotatable bonds is 7. The van der Waals surface area contributed by atoms with E-state index in [2.05, 4.69) is 9.71 Å². The van der Waals surface area contributed by atoms with Crippen molar-refractivity contribution in [1.29, 1.82) is 0 Å². The van der Waals surface area contributed by atoms with Gasteiger partial charge < -0.3 is 13.9 Å². The Morgan fingerprint density at radius 1 is 1.08 bits per heavy atom. The van der Waals surface area contributed by atoms with E-state index in [1.807, 2.05) is 18.2 Å². The maximum Gasteiger partial charge on any atom is 0.241 e. The Morgan fingerprint density at radius 3 is 2.50 bits per heavy atom. The molecule has 1 N–H and O–H groups in total. The molecule has 0 bridgehead atoms. The second-order valence-electron chi connectivity index (χ2n) is 5.41. The van der Waals surface area contributed by atoms with E-state index in [4.69, 9.17) is 13.9 Å². The van der Waals surface area contributed by atoms with Crippen molar-refractivity contribution in [1.82, 2.24) is 9.71 Å². The maximum atomic E-state index is 12.5. The van der Waals surface area contributed by atoms with Gasteiger partial charge >= 0.3 is 0 Å². The molecule has 0 atom stereocenters. The third-order valence-electron chi connectivity index (χ3n) is 3.77. The molecule has 0 saturated heterocycles. The third-order valence-corrected chi connectivity index (χ3v) is 5.17. The Kier molecular flexibility index (Phi) is 5.24. The van der Waals surface area contributed by atoms with Crippen molar-refractivity contribution in [2.75, 3.05) is 14.2 Å². The lowest BCUT2D eigenvalue weighted by Gasteiger charge is -2.11. The number of ether oxygens (including phenoxy) is 2. The number of pyridine rings is 1. The summed E-state index contributed by atoms with van der Waals surface area (Å²) >= 11 is 0. The molecule has 0 aliphatic heterocycles. The van der Waals surface area contributed by atoms with Gasteiger partial charge in [0.2, 0.25) is 10.0 Å². The maximum absolute atomic E-state index is 12.5. The number of benzene rings is 1. The number of methoxy groups -OCH3 is 2. The first-order valence-corrected chi connectivity index (χ1v) is 9.21. The zero-order valence-corrected chi connectivity index (χ0v) is 15.1. The van der Waals surface area contributed by atoms with Gasteiger partial charge in [-0.1, -0.05) is 6.07 Å². The van der Waals surface area contributed by atoms with Crippen LogP contribution in [0.1, 0.15) is 5.56 Å². The zero-order valence-electron chi connectivity index (χ0n) is 14.3. The van der Waals surface area contributed by atoms with Crippen LogP contribution in [0.3, 0.4) is 0 Å². The molecule has 26 heavy (non-hydrogen) atoms. The predicted octanol–water partition coefficient (Wildman–Crippen LogP) is 2.84. The Hall–Kier alpha value is -2.84. The summed E-state index contributed by atoms with van der Waals surface area (Å²) in [7, 11) is -0.754. The highest BCUT2D eigenvalue weighted by molar-refractivity contribution is 7.89. The molecule has 0 fully saturated rings. The quantitative estimate of drug-likeness (QED) is 0.684. The summed E-state index contributed by atoms with van der Waals surface area (Å²) < 4.78 is 42.8. The number of furan rings is 1. The minimum absolute atomic E-state index is 0.0955. The van der Waals surface area contributed by atoms with Crippen LogP contribution in [0, 0.1) is 0 Å². The summed E-state index contributed by atoms with van der Waals surface area (Å²) in [5.74, 6) is 0.812. The molecule has 0 aliphatic carbocycles. The van der Waals surface area contributed by atoms with Gasteiger partial charge in [0.15, 0.2) is 11.5 Å². The normalized spacial score (nSPS) is 11.3. The van der Waals surface area contributed by atoms with Gasteiger partial charge in [0.05, 0.1) is 37.3 Å². The largest absolute Gasteiger partial charge is 0.493 e. The van der Waals surface area contributed by atoms with E-state index in [1.165, 1.54) is 26.4 Å². The molecule has 0 spiro atoms. The Bertz CT molecular complexity index is 967. The number of sulfonamides is 1. The van der Waals surface area contributed by atoms with Crippen LogP contribution in [-0.2, 0) is 16.6 Å². The van der Waals surface area contributed by atoms with Crippen LogP contribution in [0.15, 0.2) is 64.4 Å². The standard InChI is InChI=1S/C18H18N2O5S/c1-23-17-6-4-15(9-18(17)24-2)26(21,22)20-11-13-3-5-16(19-10-13)14-7-8-25-12-14/h3-10,12,20H,11H2,1-2H3. The molecule has 0 aliphatic rings. The van der Waals surface area contributed by atoms with E-state index in [0.717, 1.165) is 16.8 Å². The molecule has 7 nitrogen and oxygen atoms in total. The molecule has 2 heterocycles. The molecule has 1 aromatic carbocycles. The number of nitrogens with zero attached hydrogens (tertiary/aromatic N) is 1. The fraction of sp³-hybridized carbons (Fsp3) is 0.167. The van der Waals surface area contributed by atoms with Crippen LogP contribution in [0.2, 0.25) is 0 Å². The average molecular weight is 374 g/mol. The lowest BCUT2D eigenvalue weighted by molar-refractivity contribution is 0.354. The van der Waals surface area contributed by atoms with Crippen molar-refractivity contribution < 1.29 is 22.3 Å². The lowest BCUT2D eigenvalue weighted by Crippen LogP contribution is -2.23. The second kappa shape index (κ2) is 7.59. The van der Waals surface area contributed by atoms with Gasteiger partial charge in [0, 0.05) is 24.4 Å². The lowest BCUT2D eigenvalue weighted by atomic mass is 10.2. The highest BCUT2D eigenvalue weighted by Crippen LogP contribution is 2.29. The molecular formula is C18H18N2O5S. The molecule has 0 amide bonds. The van der Waals surface area contributed by atoms with E-state index in [9.17, 15) is 8.42 Å². The second-order valence-corrected chi connectivity index (χ2v) is 7.17. The van der Waals surface area contributed by atoms with Gasteiger partial charge in [-0.25, -0.2) is 13.1 Å². The molecule has 136 valence electrons. The van der Waals surface area contributed by atoms with E-state index >= 15 is 0 Å². The van der Waals surface area contributed by atoms with Gasteiger partial charge in [-0.3, -0.25) is 4.98 Å². The van der Waals surface area contributed by atoms with Crippen LogP contribution in [0.25, 0.3) is 11.3 Å². The molecule has 3 rings (SSSR count). The first-order chi connectivity index (χ1) is 12.5. The van der Waals surface area contributed by atoms with Crippen molar-refractivity contribution in [2.45, 2.75) is 11.4 Å². The number of hydrogen-bond acceptors (Lipinski definition) is 6. The van der Waals surface area contributed by atoms with E-state index in [0.29, 0.717) is 11.5 Å². The Morgan fingerprint density at radius 2 is 1.88 bits per heavy atom. The molecule has 0 radical (unpaired) electrons. The summed E-state index contributed by atoms with van der Waals surface area (Å²) in [6.07, 6.45) is 4.80. The van der Waals surface area contributed by atoms with Crippen LogP contribution >= 0.6 is 0 Å². The Balaban J connectivity index is 1.72. The fourth-order valence-corrected chi connectivity index (χ4v) is 3.39. The Labute approximate surface area is 151 Å². The van der Waals surface area contributed by atoms with Gasteiger partial charge in [0.1, 0.15) is 0 Å². The van der Waals surface area contributed by atoms with Gasteiger partial charge in [0.25, 0.3) is 0 Å². The summed E-state index contributed by atoms with van der Waals surface area (Å²) in [4.78, 5) is 4.41. The monoisotopic (exact) mass is 374 g/mol. The summed E-state index contributed by atoms with van der Waals surface area (Å²) in [5, 5.41) is 0. The van der Waals surface area contributed by atoms with Crippen LogP contribution in [0.4, 0.5) is 0 Å². The minimum atomic E-state index is -3.70. The van der Waals surface area contributed by atoms with Crippen molar-refractivity contribution in [2.24, 2.45) is 0 Å². The van der Waals surface area contributed by atoms with Crippen LogP contribution < -0.4 is 14.2 Å². The molecule has 2 aromatic heterocycles. The fourth-order valence-electron chi connectivity index (χ4n) is 2.36. The number of aromatic nitrogens is 1. The minimum Gasteiger partial charge on any atom is -0.493 e. The van der Waals surface area contributed by atoms with Crippen molar-refractivity contribution in [3.05, 3.63) is 60.7 Å². The highest BCUT2D eigenvalue weighted by atomic mass is 32.2. The van der Waals surface area contributed by atoms with Gasteiger partial charge in [-0.15, -0.1) is 0 Å². The van der Waals surface area contributed by atoms with Crippen molar-refractivity contribution in [3.63, 3.8) is 0 Å². The summed E-state index contributed by atoms with van der Waals surface area (Å²) in [6.45, 7) is 0.120. The van der Waals surface area contributed by atoms with Crippen LogP contribution in [0.5, 0.6) is 11.5 Å². The molecule has 3 aromatic rings. The van der Waals surface area contributed by atoms with Crippen LogP contribution in [-0.4, -0.2) is 27.6 Å². The smallest absolute Gasteiger partial charge is 0.241 e. The molecule has 8 heteroatoms. The van der Waals surface area contributed by atoms with E-state index < -0.39 is 10.0 Å². The number of nitrogens with one attached hydrogen (secondary N) is 1. The third kappa shape index (κ3) is 3.87. The molecule has 0 saturated carbocycles. The average Bonchev–Trinajstić information content (AvgIpc) is 3.21. The number of hydrogen-bond donors (Lipinski definition) is 1. The van der Waals surface area contributed by atoms with E-state index in [-0.39, 0.29) is 11.4 Å². The molecule has 0 unspecified atom stereocenters. The SMILES string of the molecule is COc1ccc(S(=O)(=O)NCc2ccc(-c3ccoc3)nc2)cc1OC. The summed E-state index contributed by atoms with van der Waals surface area (Å²) in [6, 6.07) is 9.86. The first-order valence-electron chi connectivity index (χ1n) is 7.72. The zero-order chi connectivity index (χ0) is 18.6. The predicted molar refractivity (Wildman–Crippen MR) is 95.5 cm³/mol. The van der Waals surface area contributed by atoms with Crippen molar-refractivity contribution >= 4 is 10.0 Å². The van der Waals surface area contributed by atoms with Gasteiger partial charge in [-0.05, 0) is 29.8 Å². The van der Waals surface area contributed by atoms with E-state index in [1.54, 1.807) is 24.8 Å². The highest BCUT2D eigenvalue weighted by Gasteiger charge is 2.17. The van der Waals surface area contributed by atoms with Crippen molar-refractivity contribution in [3.8, 4) is 22.8 Å². The van der Waals surface area contributed by atoms with Gasteiger partial charge in [-0.2, -0.15) is 0 Å².